The molecule has 0 radical (unpaired) electrons. The zero-order valence-corrected chi connectivity index (χ0v) is 15.8. The molecule has 2 aromatic carbocycles. The number of carbonyl (C=O) groups excluding carboxylic acids is 1. The fourth-order valence-corrected chi connectivity index (χ4v) is 4.24. The van der Waals surface area contributed by atoms with Crippen LogP contribution in [0.1, 0.15) is 18.0 Å². The fraction of sp³-hybridized carbons (Fsp3) is 0.222. The summed E-state index contributed by atoms with van der Waals surface area (Å²) in [5.74, 6) is 0.481. The van der Waals surface area contributed by atoms with E-state index in [2.05, 4.69) is 11.1 Å². The Morgan fingerprint density at radius 1 is 1.25 bits per heavy atom. The number of aromatic nitrogens is 1. The van der Waals surface area contributed by atoms with Crippen molar-refractivity contribution in [1.29, 1.82) is 0 Å². The number of thiazole rings is 1. The third-order valence-electron chi connectivity index (χ3n) is 3.82. The molecule has 1 aromatic heterocycles. The van der Waals surface area contributed by atoms with Gasteiger partial charge in [0.25, 0.3) is 0 Å². The number of thioether (sulfide) groups is 1. The van der Waals surface area contributed by atoms with Crippen LogP contribution in [0.3, 0.4) is 0 Å². The maximum Gasteiger partial charge on any atom is 0.233 e. The standard InChI is InChI=1S/C18H17ClN2OS2/c1-12(18-20-15-5-3-4-6-16(15)24-18)21(2)17(22)11-23-14-9-7-13(19)8-10-14/h3-10,12H,11H2,1-2H3/t12-/m1/s1. The minimum absolute atomic E-state index is 0.0410. The molecular weight excluding hydrogens is 360 g/mol. The van der Waals surface area contributed by atoms with Gasteiger partial charge >= 0.3 is 0 Å². The average molecular weight is 377 g/mol. The van der Waals surface area contributed by atoms with Crippen molar-refractivity contribution in [3.8, 4) is 0 Å². The van der Waals surface area contributed by atoms with Crippen LogP contribution < -0.4 is 0 Å². The topological polar surface area (TPSA) is 33.2 Å². The predicted molar refractivity (Wildman–Crippen MR) is 103 cm³/mol. The Bertz CT molecular complexity index is 815. The number of rotatable bonds is 5. The van der Waals surface area contributed by atoms with Gasteiger partial charge in [-0.2, -0.15) is 0 Å². The third kappa shape index (κ3) is 3.91. The number of amides is 1. The second-order valence-electron chi connectivity index (χ2n) is 5.44. The zero-order valence-electron chi connectivity index (χ0n) is 13.4. The molecule has 3 aromatic rings. The molecule has 1 atom stereocenters. The molecule has 3 rings (SSSR count). The van der Waals surface area contributed by atoms with Crippen LogP contribution in [-0.2, 0) is 4.79 Å². The van der Waals surface area contributed by atoms with Gasteiger partial charge in [-0.25, -0.2) is 4.98 Å². The number of hydrogen-bond acceptors (Lipinski definition) is 4. The SMILES string of the molecule is C[C@H](c1nc2ccccc2s1)N(C)C(=O)CSc1ccc(Cl)cc1. The van der Waals surface area contributed by atoms with Crippen molar-refractivity contribution in [2.45, 2.75) is 17.9 Å². The Morgan fingerprint density at radius 2 is 1.96 bits per heavy atom. The Hall–Kier alpha value is -1.56. The average Bonchev–Trinajstić information content (AvgIpc) is 3.03. The van der Waals surface area contributed by atoms with Crippen LogP contribution in [0.4, 0.5) is 0 Å². The molecule has 24 heavy (non-hydrogen) atoms. The molecule has 0 unspecified atom stereocenters. The van der Waals surface area contributed by atoms with E-state index in [0.29, 0.717) is 10.8 Å². The zero-order chi connectivity index (χ0) is 17.1. The molecule has 3 nitrogen and oxygen atoms in total. The summed E-state index contributed by atoms with van der Waals surface area (Å²) in [4.78, 5) is 19.9. The summed E-state index contributed by atoms with van der Waals surface area (Å²) in [6.45, 7) is 2.02. The molecule has 0 saturated heterocycles. The first-order valence-corrected chi connectivity index (χ1v) is 9.72. The highest BCUT2D eigenvalue weighted by atomic mass is 35.5. The molecule has 0 bridgehead atoms. The first kappa shape index (κ1) is 17.3. The van der Waals surface area contributed by atoms with Crippen molar-refractivity contribution < 1.29 is 4.79 Å². The summed E-state index contributed by atoms with van der Waals surface area (Å²) in [5, 5.41) is 1.66. The quantitative estimate of drug-likeness (QED) is 0.569. The van der Waals surface area contributed by atoms with Crippen LogP contribution in [0.25, 0.3) is 10.2 Å². The van der Waals surface area contributed by atoms with Crippen LogP contribution in [0, 0.1) is 0 Å². The molecule has 6 heteroatoms. The van der Waals surface area contributed by atoms with E-state index in [1.807, 2.05) is 56.4 Å². The van der Waals surface area contributed by atoms with Crippen molar-refractivity contribution in [2.75, 3.05) is 12.8 Å². The van der Waals surface area contributed by atoms with E-state index in [0.717, 1.165) is 20.1 Å². The van der Waals surface area contributed by atoms with Gasteiger partial charge < -0.3 is 4.90 Å². The molecule has 0 fully saturated rings. The number of nitrogens with zero attached hydrogens (tertiary/aromatic N) is 2. The Morgan fingerprint density at radius 3 is 2.67 bits per heavy atom. The lowest BCUT2D eigenvalue weighted by molar-refractivity contribution is -0.128. The van der Waals surface area contributed by atoms with Gasteiger partial charge in [-0.1, -0.05) is 23.7 Å². The van der Waals surface area contributed by atoms with E-state index < -0.39 is 0 Å². The molecule has 1 amide bonds. The summed E-state index contributed by atoms with van der Waals surface area (Å²) in [6, 6.07) is 15.5. The largest absolute Gasteiger partial charge is 0.336 e. The van der Waals surface area contributed by atoms with Crippen molar-refractivity contribution in [2.24, 2.45) is 0 Å². The van der Waals surface area contributed by atoms with Crippen molar-refractivity contribution in [1.82, 2.24) is 9.88 Å². The predicted octanol–water partition coefficient (Wildman–Crippen LogP) is 5.26. The third-order valence-corrected chi connectivity index (χ3v) is 6.27. The van der Waals surface area contributed by atoms with E-state index in [-0.39, 0.29) is 11.9 Å². The molecule has 0 aliphatic rings. The Labute approximate surface area is 154 Å². The second-order valence-corrected chi connectivity index (χ2v) is 7.99. The lowest BCUT2D eigenvalue weighted by Crippen LogP contribution is -2.31. The number of hydrogen-bond donors (Lipinski definition) is 0. The lowest BCUT2D eigenvalue weighted by atomic mass is 10.3. The lowest BCUT2D eigenvalue weighted by Gasteiger charge is -2.23. The normalized spacial score (nSPS) is 12.3. The maximum absolute atomic E-state index is 12.5. The van der Waals surface area contributed by atoms with Gasteiger partial charge in [-0.15, -0.1) is 23.1 Å². The fourth-order valence-electron chi connectivity index (χ4n) is 2.23. The Kier molecular flexibility index (Phi) is 5.43. The second kappa shape index (κ2) is 7.55. The van der Waals surface area contributed by atoms with Crippen LogP contribution in [0.2, 0.25) is 5.02 Å². The van der Waals surface area contributed by atoms with Crippen LogP contribution >= 0.6 is 34.7 Å². The highest BCUT2D eigenvalue weighted by Gasteiger charge is 2.20. The van der Waals surface area contributed by atoms with Gasteiger partial charge in [0.2, 0.25) is 5.91 Å². The van der Waals surface area contributed by atoms with Gasteiger partial charge in [0, 0.05) is 17.0 Å². The van der Waals surface area contributed by atoms with Crippen LogP contribution in [-0.4, -0.2) is 28.6 Å². The molecule has 0 N–H and O–H groups in total. The summed E-state index contributed by atoms with van der Waals surface area (Å²) >= 11 is 9.03. The highest BCUT2D eigenvalue weighted by molar-refractivity contribution is 8.00. The molecule has 0 spiro atoms. The molecule has 0 aliphatic heterocycles. The number of para-hydroxylation sites is 1. The van der Waals surface area contributed by atoms with Gasteiger partial charge in [0.05, 0.1) is 22.0 Å². The number of fused-ring (bicyclic) bond motifs is 1. The van der Waals surface area contributed by atoms with Crippen LogP contribution in [0.5, 0.6) is 0 Å². The minimum atomic E-state index is -0.0410. The van der Waals surface area contributed by atoms with Gasteiger partial charge in [0.15, 0.2) is 0 Å². The van der Waals surface area contributed by atoms with E-state index >= 15 is 0 Å². The molecule has 0 saturated carbocycles. The summed E-state index contributed by atoms with van der Waals surface area (Å²) in [6.07, 6.45) is 0. The monoisotopic (exact) mass is 376 g/mol. The summed E-state index contributed by atoms with van der Waals surface area (Å²) < 4.78 is 1.15. The molecule has 1 heterocycles. The highest BCUT2D eigenvalue weighted by Crippen LogP contribution is 2.29. The first-order valence-electron chi connectivity index (χ1n) is 7.54. The molecule has 124 valence electrons. The van der Waals surface area contributed by atoms with Crippen molar-refractivity contribution in [3.05, 3.63) is 58.6 Å². The summed E-state index contributed by atoms with van der Waals surface area (Å²) in [7, 11) is 1.83. The van der Waals surface area contributed by atoms with Gasteiger partial charge in [-0.3, -0.25) is 4.79 Å². The van der Waals surface area contributed by atoms with E-state index in [4.69, 9.17) is 11.6 Å². The summed E-state index contributed by atoms with van der Waals surface area (Å²) in [5.41, 5.74) is 0.987. The first-order chi connectivity index (χ1) is 11.5. The smallest absolute Gasteiger partial charge is 0.233 e. The Balaban J connectivity index is 1.64. The number of benzene rings is 2. The van der Waals surface area contributed by atoms with E-state index in [1.54, 1.807) is 16.2 Å². The van der Waals surface area contributed by atoms with E-state index in [1.165, 1.54) is 11.8 Å². The molecular formula is C18H17ClN2OS2. The number of halogens is 1. The minimum Gasteiger partial charge on any atom is -0.336 e. The van der Waals surface area contributed by atoms with Gasteiger partial charge in [-0.05, 0) is 43.3 Å². The van der Waals surface area contributed by atoms with Crippen molar-refractivity contribution >= 4 is 50.8 Å². The van der Waals surface area contributed by atoms with Crippen LogP contribution in [0.15, 0.2) is 53.4 Å². The maximum atomic E-state index is 12.5. The molecule has 0 aliphatic carbocycles. The van der Waals surface area contributed by atoms with Crippen molar-refractivity contribution in [3.63, 3.8) is 0 Å². The number of carbonyl (C=O) groups is 1. The van der Waals surface area contributed by atoms with E-state index in [9.17, 15) is 4.79 Å². The van der Waals surface area contributed by atoms with Gasteiger partial charge in [0.1, 0.15) is 5.01 Å².